The van der Waals surface area contributed by atoms with E-state index in [9.17, 15) is 0 Å². The molecule has 0 amide bonds. The maximum atomic E-state index is 3.56. The molecule has 1 aliphatic carbocycles. The maximum Gasteiger partial charge on any atom is 0.0123 e. The van der Waals surface area contributed by atoms with Gasteiger partial charge in [0.05, 0.1) is 0 Å². The van der Waals surface area contributed by atoms with Gasteiger partial charge in [-0.1, -0.05) is 33.1 Å². The van der Waals surface area contributed by atoms with E-state index in [-0.39, 0.29) is 0 Å². The van der Waals surface area contributed by atoms with Crippen molar-refractivity contribution in [2.45, 2.75) is 58.4 Å². The zero-order valence-electron chi connectivity index (χ0n) is 11.8. The Morgan fingerprint density at radius 1 is 1.18 bits per heavy atom. The van der Waals surface area contributed by atoms with Gasteiger partial charge in [0.1, 0.15) is 0 Å². The zero-order chi connectivity index (χ0) is 12.1. The van der Waals surface area contributed by atoms with Crippen molar-refractivity contribution in [1.29, 1.82) is 0 Å². The molecule has 2 fully saturated rings. The first-order chi connectivity index (χ1) is 8.31. The lowest BCUT2D eigenvalue weighted by Crippen LogP contribution is -2.48. The molecule has 1 saturated heterocycles. The van der Waals surface area contributed by atoms with Gasteiger partial charge in [-0.15, -0.1) is 0 Å². The van der Waals surface area contributed by atoms with Crippen molar-refractivity contribution >= 4 is 0 Å². The molecule has 3 unspecified atom stereocenters. The molecule has 1 heterocycles. The van der Waals surface area contributed by atoms with E-state index in [0.717, 1.165) is 17.9 Å². The Morgan fingerprint density at radius 2 is 2.00 bits per heavy atom. The van der Waals surface area contributed by atoms with Crippen LogP contribution in [-0.2, 0) is 0 Å². The summed E-state index contributed by atoms with van der Waals surface area (Å²) in [7, 11) is 0. The van der Waals surface area contributed by atoms with E-state index in [0.29, 0.717) is 0 Å². The third-order valence-corrected chi connectivity index (χ3v) is 4.70. The Morgan fingerprint density at radius 3 is 2.82 bits per heavy atom. The van der Waals surface area contributed by atoms with Gasteiger partial charge in [0.25, 0.3) is 0 Å². The van der Waals surface area contributed by atoms with Crippen LogP contribution in [0.25, 0.3) is 0 Å². The van der Waals surface area contributed by atoms with Crippen LogP contribution in [0.2, 0.25) is 0 Å². The highest BCUT2D eigenvalue weighted by atomic mass is 15.2. The molecule has 2 nitrogen and oxygen atoms in total. The molecule has 0 aromatic heterocycles. The van der Waals surface area contributed by atoms with Gasteiger partial charge in [-0.05, 0) is 50.7 Å². The predicted octanol–water partition coefficient (Wildman–Crippen LogP) is 2.89. The van der Waals surface area contributed by atoms with Gasteiger partial charge in [-0.25, -0.2) is 0 Å². The van der Waals surface area contributed by atoms with Crippen LogP contribution in [0.5, 0.6) is 0 Å². The quantitative estimate of drug-likeness (QED) is 0.796. The van der Waals surface area contributed by atoms with E-state index in [1.165, 1.54) is 64.7 Å². The van der Waals surface area contributed by atoms with E-state index in [2.05, 4.69) is 24.1 Å². The fourth-order valence-corrected chi connectivity index (χ4v) is 3.76. The molecule has 2 aliphatic rings. The number of rotatable bonds is 2. The van der Waals surface area contributed by atoms with Gasteiger partial charge in [0.15, 0.2) is 0 Å². The minimum absolute atomic E-state index is 0.815. The fourth-order valence-electron chi connectivity index (χ4n) is 3.76. The van der Waals surface area contributed by atoms with Crippen LogP contribution < -0.4 is 5.32 Å². The van der Waals surface area contributed by atoms with E-state index in [1.54, 1.807) is 0 Å². The van der Waals surface area contributed by atoms with E-state index < -0.39 is 0 Å². The summed E-state index contributed by atoms with van der Waals surface area (Å²) in [5, 5.41) is 3.56. The normalized spacial score (nSPS) is 37.4. The van der Waals surface area contributed by atoms with Gasteiger partial charge in [-0.3, -0.25) is 4.90 Å². The minimum Gasteiger partial charge on any atom is -0.316 e. The summed E-state index contributed by atoms with van der Waals surface area (Å²) in [4.78, 5) is 2.83. The molecule has 0 spiro atoms. The molecule has 0 aromatic rings. The third kappa shape index (κ3) is 3.69. The van der Waals surface area contributed by atoms with Gasteiger partial charge >= 0.3 is 0 Å². The molecule has 3 atom stereocenters. The summed E-state index contributed by atoms with van der Waals surface area (Å²) >= 11 is 0. The van der Waals surface area contributed by atoms with Gasteiger partial charge in [-0.2, -0.15) is 0 Å². The summed E-state index contributed by atoms with van der Waals surface area (Å²) in [5.41, 5.74) is 0. The molecule has 0 aromatic carbocycles. The number of hydrogen-bond donors (Lipinski definition) is 1. The Hall–Kier alpha value is -0.0800. The molecule has 17 heavy (non-hydrogen) atoms. The summed E-state index contributed by atoms with van der Waals surface area (Å²) < 4.78 is 0. The van der Waals surface area contributed by atoms with Crippen LogP contribution in [-0.4, -0.2) is 37.1 Å². The van der Waals surface area contributed by atoms with Crippen molar-refractivity contribution in [3.05, 3.63) is 0 Å². The van der Waals surface area contributed by atoms with Crippen molar-refractivity contribution in [3.63, 3.8) is 0 Å². The average Bonchev–Trinajstić information content (AvgIpc) is 2.33. The molecule has 0 bridgehead atoms. The van der Waals surface area contributed by atoms with Gasteiger partial charge < -0.3 is 5.32 Å². The smallest absolute Gasteiger partial charge is 0.0123 e. The average molecular weight is 238 g/mol. The van der Waals surface area contributed by atoms with Crippen LogP contribution >= 0.6 is 0 Å². The van der Waals surface area contributed by atoms with Crippen LogP contribution in [0.15, 0.2) is 0 Å². The molecule has 100 valence electrons. The monoisotopic (exact) mass is 238 g/mol. The van der Waals surface area contributed by atoms with Crippen molar-refractivity contribution in [1.82, 2.24) is 10.2 Å². The topological polar surface area (TPSA) is 15.3 Å². The number of nitrogens with one attached hydrogen (secondary N) is 1. The van der Waals surface area contributed by atoms with Crippen molar-refractivity contribution in [2.75, 3.05) is 26.2 Å². The standard InChI is InChI=1S/C15H30N2/c1-3-14-7-4-5-8-15(14)17-10-6-9-16-11-13(2)12-17/h13-16H,3-12H2,1-2H3. The first-order valence-corrected chi connectivity index (χ1v) is 7.76. The molecule has 1 saturated carbocycles. The Kier molecular flexibility index (Phi) is 5.30. The predicted molar refractivity (Wildman–Crippen MR) is 74.3 cm³/mol. The summed E-state index contributed by atoms with van der Waals surface area (Å²) in [6, 6.07) is 0.897. The molecular formula is C15H30N2. The maximum absolute atomic E-state index is 3.56. The van der Waals surface area contributed by atoms with Crippen LogP contribution in [0.4, 0.5) is 0 Å². The van der Waals surface area contributed by atoms with E-state index in [4.69, 9.17) is 0 Å². The summed E-state index contributed by atoms with van der Waals surface area (Å²) in [6.07, 6.45) is 8.58. The van der Waals surface area contributed by atoms with E-state index in [1.807, 2.05) is 0 Å². The van der Waals surface area contributed by atoms with Gasteiger partial charge in [0.2, 0.25) is 0 Å². The Balaban J connectivity index is 1.96. The molecule has 0 radical (unpaired) electrons. The number of nitrogens with zero attached hydrogens (tertiary/aromatic N) is 1. The highest BCUT2D eigenvalue weighted by Crippen LogP contribution is 2.31. The summed E-state index contributed by atoms with van der Waals surface area (Å²) in [6.45, 7) is 9.84. The van der Waals surface area contributed by atoms with Crippen molar-refractivity contribution < 1.29 is 0 Å². The second-order valence-corrected chi connectivity index (χ2v) is 6.18. The second kappa shape index (κ2) is 6.75. The SMILES string of the molecule is CCC1CCCCC1N1CCCNCC(C)C1. The Bertz CT molecular complexity index is 217. The molecule has 2 heteroatoms. The zero-order valence-corrected chi connectivity index (χ0v) is 11.8. The third-order valence-electron chi connectivity index (χ3n) is 4.70. The lowest BCUT2D eigenvalue weighted by molar-refractivity contribution is 0.0806. The lowest BCUT2D eigenvalue weighted by Gasteiger charge is -2.42. The lowest BCUT2D eigenvalue weighted by atomic mass is 9.81. The second-order valence-electron chi connectivity index (χ2n) is 6.18. The van der Waals surface area contributed by atoms with Crippen LogP contribution in [0, 0.1) is 11.8 Å². The molecule has 2 rings (SSSR count). The van der Waals surface area contributed by atoms with Crippen molar-refractivity contribution in [2.24, 2.45) is 11.8 Å². The van der Waals surface area contributed by atoms with Crippen LogP contribution in [0.1, 0.15) is 52.4 Å². The van der Waals surface area contributed by atoms with E-state index >= 15 is 0 Å². The number of hydrogen-bond acceptors (Lipinski definition) is 2. The molecule has 1 N–H and O–H groups in total. The first kappa shape index (κ1) is 13.4. The fraction of sp³-hybridized carbons (Fsp3) is 1.00. The minimum atomic E-state index is 0.815. The van der Waals surface area contributed by atoms with Gasteiger partial charge in [0, 0.05) is 12.6 Å². The molecule has 1 aliphatic heterocycles. The highest BCUT2D eigenvalue weighted by Gasteiger charge is 2.29. The first-order valence-electron chi connectivity index (χ1n) is 7.76. The molecular weight excluding hydrogens is 208 g/mol. The van der Waals surface area contributed by atoms with Crippen LogP contribution in [0.3, 0.4) is 0 Å². The summed E-state index contributed by atoms with van der Waals surface area (Å²) in [5.74, 6) is 1.79. The van der Waals surface area contributed by atoms with Crippen molar-refractivity contribution in [3.8, 4) is 0 Å². The Labute approximate surface area is 107 Å². The highest BCUT2D eigenvalue weighted by molar-refractivity contribution is 4.84. The largest absolute Gasteiger partial charge is 0.316 e.